The van der Waals surface area contributed by atoms with Crippen LogP contribution in [0.25, 0.3) is 0 Å². The van der Waals surface area contributed by atoms with Gasteiger partial charge in [-0.15, -0.1) is 0 Å². The normalized spacial score (nSPS) is 24.2. The van der Waals surface area contributed by atoms with Crippen LogP contribution in [0, 0.1) is 18.8 Å². The lowest BCUT2D eigenvalue weighted by Crippen LogP contribution is -2.48. The zero-order valence-corrected chi connectivity index (χ0v) is 20.6. The third kappa shape index (κ3) is 3.25. The minimum absolute atomic E-state index is 0.167. The van der Waals surface area contributed by atoms with Crippen LogP contribution in [-0.2, 0) is 14.4 Å². The highest BCUT2D eigenvalue weighted by molar-refractivity contribution is 6.11. The number of carbonyl (C=O) groups is 3. The van der Waals surface area contributed by atoms with Crippen LogP contribution < -0.4 is 5.32 Å². The number of benzene rings is 3. The lowest BCUT2D eigenvalue weighted by molar-refractivity contribution is -0.147. The SMILES string of the molecule is CCCC[C@H](C(=O)Nc1ccccc1C)N1C(=O)[C@@H]2C3c4ccccc4C(c4ccccc43)[C@@H]2C1=O. The highest BCUT2D eigenvalue weighted by atomic mass is 16.2. The van der Waals surface area contributed by atoms with E-state index in [2.05, 4.69) is 36.5 Å². The van der Waals surface area contributed by atoms with Crippen LogP contribution in [0.3, 0.4) is 0 Å². The van der Waals surface area contributed by atoms with Crippen LogP contribution >= 0.6 is 0 Å². The summed E-state index contributed by atoms with van der Waals surface area (Å²) in [5.41, 5.74) is 6.21. The first-order valence-electron chi connectivity index (χ1n) is 12.9. The van der Waals surface area contributed by atoms with Gasteiger partial charge in [-0.05, 0) is 47.2 Å². The number of nitrogens with one attached hydrogen (secondary N) is 1. The summed E-state index contributed by atoms with van der Waals surface area (Å²) in [5, 5.41) is 3.01. The maximum Gasteiger partial charge on any atom is 0.247 e. The molecule has 3 aliphatic carbocycles. The molecule has 36 heavy (non-hydrogen) atoms. The smallest absolute Gasteiger partial charge is 0.247 e. The van der Waals surface area contributed by atoms with Crippen molar-refractivity contribution in [1.82, 2.24) is 4.90 Å². The highest BCUT2D eigenvalue weighted by Gasteiger charge is 2.62. The summed E-state index contributed by atoms with van der Waals surface area (Å²) < 4.78 is 0. The number of imide groups is 1. The zero-order chi connectivity index (χ0) is 25.0. The third-order valence-electron chi connectivity index (χ3n) is 8.33. The van der Waals surface area contributed by atoms with Crippen LogP contribution in [0.15, 0.2) is 72.8 Å². The second-order valence-corrected chi connectivity index (χ2v) is 10.3. The van der Waals surface area contributed by atoms with Gasteiger partial charge in [0.25, 0.3) is 0 Å². The van der Waals surface area contributed by atoms with Crippen molar-refractivity contribution in [2.45, 2.75) is 51.0 Å². The predicted molar refractivity (Wildman–Crippen MR) is 139 cm³/mol. The lowest BCUT2D eigenvalue weighted by atomic mass is 9.55. The zero-order valence-electron chi connectivity index (χ0n) is 20.6. The third-order valence-corrected chi connectivity index (χ3v) is 8.33. The largest absolute Gasteiger partial charge is 0.324 e. The molecule has 7 rings (SSSR count). The Hall–Kier alpha value is -3.73. The molecule has 4 aliphatic rings. The fourth-order valence-electron chi connectivity index (χ4n) is 6.71. The van der Waals surface area contributed by atoms with Gasteiger partial charge in [-0.1, -0.05) is 86.5 Å². The topological polar surface area (TPSA) is 66.5 Å². The van der Waals surface area contributed by atoms with Crippen LogP contribution in [0.5, 0.6) is 0 Å². The highest BCUT2D eigenvalue weighted by Crippen LogP contribution is 2.61. The van der Waals surface area contributed by atoms with Gasteiger partial charge in [0.2, 0.25) is 17.7 Å². The number of rotatable bonds is 6. The Morgan fingerprint density at radius 3 is 1.75 bits per heavy atom. The lowest BCUT2D eigenvalue weighted by Gasteiger charge is -2.45. The van der Waals surface area contributed by atoms with Crippen LogP contribution in [0.4, 0.5) is 5.69 Å². The number of aryl methyl sites for hydroxylation is 1. The van der Waals surface area contributed by atoms with E-state index in [1.165, 1.54) is 4.90 Å². The minimum atomic E-state index is -0.819. The van der Waals surface area contributed by atoms with Gasteiger partial charge < -0.3 is 5.32 Å². The Morgan fingerprint density at radius 1 is 0.806 bits per heavy atom. The number of nitrogens with zero attached hydrogens (tertiary/aromatic N) is 1. The quantitative estimate of drug-likeness (QED) is 0.484. The summed E-state index contributed by atoms with van der Waals surface area (Å²) >= 11 is 0. The number of unbranched alkanes of at least 4 members (excludes halogenated alkanes) is 1. The monoisotopic (exact) mass is 478 g/mol. The molecule has 1 aliphatic heterocycles. The number of amides is 3. The van der Waals surface area contributed by atoms with Gasteiger partial charge in [0.1, 0.15) is 6.04 Å². The molecule has 0 aromatic heterocycles. The van der Waals surface area contributed by atoms with Gasteiger partial charge in [0, 0.05) is 17.5 Å². The van der Waals surface area contributed by atoms with Gasteiger partial charge in [0.05, 0.1) is 11.8 Å². The molecule has 1 N–H and O–H groups in total. The number of hydrogen-bond donors (Lipinski definition) is 1. The van der Waals surface area contributed by atoms with E-state index in [-0.39, 0.29) is 29.6 Å². The molecule has 182 valence electrons. The van der Waals surface area contributed by atoms with E-state index in [4.69, 9.17) is 0 Å². The first-order chi connectivity index (χ1) is 17.5. The molecule has 3 amide bonds. The Labute approximate surface area is 211 Å². The summed E-state index contributed by atoms with van der Waals surface area (Å²) in [4.78, 5) is 43.2. The first-order valence-corrected chi connectivity index (χ1v) is 12.9. The molecule has 3 aromatic rings. The standard InChI is InChI=1S/C31H30N2O3/c1-3-4-17-24(29(34)32-23-16-10-5-11-18(23)2)33-30(35)27-25-19-12-6-7-13-20(19)26(28(27)31(33)36)22-15-9-8-14-21(22)25/h5-16,24-28H,3-4,17H2,1-2H3,(H,32,34)/t24-,25?,26?,27-,28+/m1/s1. The maximum atomic E-state index is 14.1. The number of hydrogen-bond acceptors (Lipinski definition) is 3. The van der Waals surface area contributed by atoms with E-state index in [9.17, 15) is 14.4 Å². The number of carbonyl (C=O) groups excluding carboxylic acids is 3. The maximum absolute atomic E-state index is 14.1. The molecule has 0 spiro atoms. The van der Waals surface area contributed by atoms with Crippen LogP contribution in [0.2, 0.25) is 0 Å². The molecule has 5 heteroatoms. The predicted octanol–water partition coefficient (Wildman–Crippen LogP) is 5.38. The van der Waals surface area contributed by atoms with Gasteiger partial charge in [-0.2, -0.15) is 0 Å². The number of likely N-dealkylation sites (tertiary alicyclic amines) is 1. The molecule has 1 fully saturated rings. The molecule has 3 atom stereocenters. The molecule has 1 heterocycles. The molecule has 5 nitrogen and oxygen atoms in total. The van der Waals surface area contributed by atoms with Crippen LogP contribution in [-0.4, -0.2) is 28.7 Å². The molecule has 2 bridgehead atoms. The summed E-state index contributed by atoms with van der Waals surface area (Å²) in [7, 11) is 0. The van der Waals surface area contributed by atoms with E-state index in [0.717, 1.165) is 40.7 Å². The Bertz CT molecular complexity index is 1260. The summed E-state index contributed by atoms with van der Waals surface area (Å²) in [6, 6.07) is 23.2. The summed E-state index contributed by atoms with van der Waals surface area (Å²) in [5.74, 6) is -1.97. The Kier molecular flexibility index (Phi) is 5.51. The molecule has 1 saturated heterocycles. The second kappa shape index (κ2) is 8.74. The van der Waals surface area contributed by atoms with E-state index < -0.39 is 17.9 Å². The summed E-state index contributed by atoms with van der Waals surface area (Å²) in [6.45, 7) is 3.99. The fraction of sp³-hybridized carbons (Fsp3) is 0.323. The van der Waals surface area contributed by atoms with Gasteiger partial charge >= 0.3 is 0 Å². The van der Waals surface area contributed by atoms with Crippen molar-refractivity contribution >= 4 is 23.4 Å². The molecule has 0 saturated carbocycles. The molecular formula is C31H30N2O3. The van der Waals surface area contributed by atoms with E-state index in [0.29, 0.717) is 12.1 Å². The molecule has 0 radical (unpaired) electrons. The van der Waals surface area contributed by atoms with Crippen molar-refractivity contribution in [2.24, 2.45) is 11.8 Å². The van der Waals surface area contributed by atoms with Crippen LogP contribution in [0.1, 0.15) is 65.8 Å². The fourth-order valence-corrected chi connectivity index (χ4v) is 6.71. The first kappa shape index (κ1) is 22.7. The van der Waals surface area contributed by atoms with Crippen molar-refractivity contribution in [3.05, 3.63) is 101 Å². The van der Waals surface area contributed by atoms with Crippen molar-refractivity contribution in [2.75, 3.05) is 5.32 Å². The van der Waals surface area contributed by atoms with E-state index in [1.807, 2.05) is 55.5 Å². The molecule has 0 unspecified atom stereocenters. The van der Waals surface area contributed by atoms with Gasteiger partial charge in [-0.25, -0.2) is 0 Å². The van der Waals surface area contributed by atoms with Gasteiger partial charge in [-0.3, -0.25) is 19.3 Å². The van der Waals surface area contributed by atoms with Gasteiger partial charge in [0.15, 0.2) is 0 Å². The van der Waals surface area contributed by atoms with E-state index >= 15 is 0 Å². The molecule has 3 aromatic carbocycles. The number of anilines is 1. The van der Waals surface area contributed by atoms with Crippen molar-refractivity contribution in [3.8, 4) is 0 Å². The van der Waals surface area contributed by atoms with Crippen molar-refractivity contribution in [3.63, 3.8) is 0 Å². The Balaban J connectivity index is 1.41. The van der Waals surface area contributed by atoms with Crippen molar-refractivity contribution < 1.29 is 14.4 Å². The van der Waals surface area contributed by atoms with Crippen molar-refractivity contribution in [1.29, 1.82) is 0 Å². The average molecular weight is 479 g/mol. The minimum Gasteiger partial charge on any atom is -0.324 e. The summed E-state index contributed by atoms with van der Waals surface area (Å²) in [6.07, 6.45) is 2.09. The Morgan fingerprint density at radius 2 is 1.28 bits per heavy atom. The average Bonchev–Trinajstić information content (AvgIpc) is 3.16. The number of para-hydroxylation sites is 1. The molecular weight excluding hydrogens is 448 g/mol. The van der Waals surface area contributed by atoms with E-state index in [1.54, 1.807) is 0 Å². The second-order valence-electron chi connectivity index (χ2n) is 10.3.